The van der Waals surface area contributed by atoms with Gasteiger partial charge in [0.2, 0.25) is 5.91 Å². The zero-order valence-corrected chi connectivity index (χ0v) is 19.0. The monoisotopic (exact) mass is 428 g/mol. The van der Waals surface area contributed by atoms with E-state index in [1.165, 1.54) is 0 Å². The van der Waals surface area contributed by atoms with Crippen LogP contribution >= 0.6 is 0 Å². The van der Waals surface area contributed by atoms with Crippen molar-refractivity contribution in [2.75, 3.05) is 19.6 Å². The van der Waals surface area contributed by atoms with Gasteiger partial charge in [-0.1, -0.05) is 18.2 Å². The van der Waals surface area contributed by atoms with E-state index in [9.17, 15) is 14.4 Å². The smallest absolute Gasteiger partial charge is 0.317 e. The second-order valence-corrected chi connectivity index (χ2v) is 9.12. The molecule has 2 heterocycles. The molecule has 0 aromatic heterocycles. The first-order chi connectivity index (χ1) is 14.9. The van der Waals surface area contributed by atoms with Gasteiger partial charge in [0, 0.05) is 37.3 Å². The van der Waals surface area contributed by atoms with Gasteiger partial charge in [-0.25, -0.2) is 4.79 Å². The van der Waals surface area contributed by atoms with Gasteiger partial charge in [-0.3, -0.25) is 9.59 Å². The Labute approximate surface area is 185 Å². The van der Waals surface area contributed by atoms with Crippen molar-refractivity contribution in [3.8, 4) is 0 Å². The van der Waals surface area contributed by atoms with E-state index in [1.807, 2.05) is 36.9 Å². The van der Waals surface area contributed by atoms with Gasteiger partial charge in [-0.15, -0.1) is 0 Å². The second kappa shape index (κ2) is 10.6. The van der Waals surface area contributed by atoms with Crippen LogP contribution in [0, 0.1) is 5.92 Å². The number of carbonyl (C=O) groups is 3. The van der Waals surface area contributed by atoms with Gasteiger partial charge in [0.05, 0.1) is 0 Å². The normalized spacial score (nSPS) is 21.0. The summed E-state index contributed by atoms with van der Waals surface area (Å²) in [6.45, 7) is 7.89. The molecule has 2 atom stereocenters. The van der Waals surface area contributed by atoms with Gasteiger partial charge in [0.25, 0.3) is 5.91 Å². The maximum Gasteiger partial charge on any atom is 0.317 e. The van der Waals surface area contributed by atoms with E-state index >= 15 is 0 Å². The van der Waals surface area contributed by atoms with Gasteiger partial charge in [0.15, 0.2) is 0 Å². The second-order valence-electron chi connectivity index (χ2n) is 9.12. The van der Waals surface area contributed by atoms with Crippen LogP contribution in [0.3, 0.4) is 0 Å². The van der Waals surface area contributed by atoms with E-state index in [-0.39, 0.29) is 35.8 Å². The minimum atomic E-state index is -0.566. The number of nitrogens with zero attached hydrogens (tertiary/aromatic N) is 2. The first-order valence-electron chi connectivity index (χ1n) is 11.6. The van der Waals surface area contributed by atoms with Crippen LogP contribution in [0.4, 0.5) is 4.79 Å². The minimum absolute atomic E-state index is 0.0115. The van der Waals surface area contributed by atoms with Gasteiger partial charge in [0.1, 0.15) is 6.04 Å². The molecule has 31 heavy (non-hydrogen) atoms. The highest BCUT2D eigenvalue weighted by molar-refractivity contribution is 5.97. The molecule has 7 heteroatoms. The number of benzene rings is 1. The molecule has 2 aliphatic heterocycles. The van der Waals surface area contributed by atoms with E-state index in [4.69, 9.17) is 0 Å². The lowest BCUT2D eigenvalue weighted by atomic mass is 9.87. The molecule has 0 saturated carbocycles. The number of nitrogens with one attached hydrogen (secondary N) is 2. The van der Waals surface area contributed by atoms with Crippen molar-refractivity contribution in [2.24, 2.45) is 5.92 Å². The Kier molecular flexibility index (Phi) is 7.93. The van der Waals surface area contributed by atoms with Gasteiger partial charge in [-0.2, -0.15) is 0 Å². The Balaban J connectivity index is 1.72. The lowest BCUT2D eigenvalue weighted by molar-refractivity contribution is -0.138. The molecule has 0 unspecified atom stereocenters. The Morgan fingerprint density at radius 3 is 2.23 bits per heavy atom. The summed E-state index contributed by atoms with van der Waals surface area (Å²) in [6, 6.07) is 8.69. The Morgan fingerprint density at radius 1 is 0.935 bits per heavy atom. The Morgan fingerprint density at radius 2 is 1.61 bits per heavy atom. The highest BCUT2D eigenvalue weighted by atomic mass is 16.2. The number of amides is 4. The molecule has 0 radical (unpaired) electrons. The highest BCUT2D eigenvalue weighted by Gasteiger charge is 2.38. The van der Waals surface area contributed by atoms with Crippen molar-refractivity contribution in [1.82, 2.24) is 20.4 Å². The lowest BCUT2D eigenvalue weighted by Gasteiger charge is -2.40. The van der Waals surface area contributed by atoms with E-state index in [0.29, 0.717) is 31.5 Å². The molecule has 1 aromatic carbocycles. The van der Waals surface area contributed by atoms with Crippen LogP contribution in [-0.2, 0) is 4.79 Å². The summed E-state index contributed by atoms with van der Waals surface area (Å²) in [4.78, 5) is 42.5. The third kappa shape index (κ3) is 5.99. The maximum absolute atomic E-state index is 13.6. The highest BCUT2D eigenvalue weighted by Crippen LogP contribution is 2.25. The fourth-order valence-corrected chi connectivity index (χ4v) is 4.57. The molecular weight excluding hydrogens is 392 g/mol. The number of carbonyl (C=O) groups excluding carboxylic acids is 3. The first kappa shape index (κ1) is 23.1. The number of piperidine rings is 2. The van der Waals surface area contributed by atoms with Gasteiger partial charge >= 0.3 is 6.03 Å². The van der Waals surface area contributed by atoms with Crippen molar-refractivity contribution in [2.45, 2.75) is 71.0 Å². The summed E-state index contributed by atoms with van der Waals surface area (Å²) < 4.78 is 0. The third-order valence-electron chi connectivity index (χ3n) is 6.39. The summed E-state index contributed by atoms with van der Waals surface area (Å²) >= 11 is 0. The minimum Gasteiger partial charge on any atom is -0.340 e. The summed E-state index contributed by atoms with van der Waals surface area (Å²) in [5.41, 5.74) is 0.556. The van der Waals surface area contributed by atoms with Crippen LogP contribution in [0.1, 0.15) is 63.2 Å². The molecule has 7 nitrogen and oxygen atoms in total. The van der Waals surface area contributed by atoms with Gasteiger partial charge in [-0.05, 0) is 70.9 Å². The summed E-state index contributed by atoms with van der Waals surface area (Å²) in [5, 5.41) is 5.98. The zero-order chi connectivity index (χ0) is 22.4. The van der Waals surface area contributed by atoms with Crippen molar-refractivity contribution in [1.29, 1.82) is 0 Å². The van der Waals surface area contributed by atoms with Gasteiger partial charge < -0.3 is 20.4 Å². The van der Waals surface area contributed by atoms with E-state index in [1.54, 1.807) is 17.0 Å². The fourth-order valence-electron chi connectivity index (χ4n) is 4.57. The fraction of sp³-hybridized carbons (Fsp3) is 0.625. The molecular formula is C24H36N4O3. The largest absolute Gasteiger partial charge is 0.340 e. The molecule has 170 valence electrons. The molecule has 2 saturated heterocycles. The predicted octanol–water partition coefficient (Wildman–Crippen LogP) is 3.02. The molecule has 2 fully saturated rings. The topological polar surface area (TPSA) is 81.8 Å². The van der Waals surface area contributed by atoms with Crippen LogP contribution in [-0.4, -0.2) is 65.4 Å². The maximum atomic E-state index is 13.6. The Bertz CT molecular complexity index is 759. The molecule has 1 aromatic rings. The molecule has 3 rings (SSSR count). The molecule has 4 amide bonds. The molecule has 0 spiro atoms. The molecule has 0 aliphatic carbocycles. The van der Waals surface area contributed by atoms with Crippen LogP contribution in [0.2, 0.25) is 0 Å². The number of hydrogen-bond acceptors (Lipinski definition) is 3. The zero-order valence-electron chi connectivity index (χ0n) is 19.0. The number of urea groups is 1. The van der Waals surface area contributed by atoms with Crippen molar-refractivity contribution < 1.29 is 14.4 Å². The SMILES string of the molecule is CC(C)NC(=O)N1CCC([C@H](NC(=O)c2ccccc2)C(=O)N2CCCC[C@H]2C)CC1. The Hall–Kier alpha value is -2.57. The molecule has 2 aliphatic rings. The molecule has 2 N–H and O–H groups in total. The number of hydrogen-bond donors (Lipinski definition) is 2. The van der Waals surface area contributed by atoms with Crippen LogP contribution < -0.4 is 10.6 Å². The average Bonchev–Trinajstić information content (AvgIpc) is 2.77. The lowest BCUT2D eigenvalue weighted by Crippen LogP contribution is -2.57. The van der Waals surface area contributed by atoms with E-state index in [0.717, 1.165) is 25.8 Å². The number of likely N-dealkylation sites (tertiary alicyclic amines) is 2. The van der Waals surface area contributed by atoms with Crippen LogP contribution in [0.25, 0.3) is 0 Å². The number of rotatable bonds is 5. The van der Waals surface area contributed by atoms with Crippen LogP contribution in [0.5, 0.6) is 0 Å². The quantitative estimate of drug-likeness (QED) is 0.756. The van der Waals surface area contributed by atoms with Crippen molar-refractivity contribution >= 4 is 17.8 Å². The predicted molar refractivity (Wildman–Crippen MR) is 121 cm³/mol. The van der Waals surface area contributed by atoms with E-state index < -0.39 is 6.04 Å². The van der Waals surface area contributed by atoms with Crippen LogP contribution in [0.15, 0.2) is 30.3 Å². The summed E-state index contributed by atoms with van der Waals surface area (Å²) in [5.74, 6) is -0.192. The van der Waals surface area contributed by atoms with Crippen molar-refractivity contribution in [3.05, 3.63) is 35.9 Å². The van der Waals surface area contributed by atoms with Crippen molar-refractivity contribution in [3.63, 3.8) is 0 Å². The average molecular weight is 429 g/mol. The van der Waals surface area contributed by atoms with E-state index in [2.05, 4.69) is 17.6 Å². The first-order valence-corrected chi connectivity index (χ1v) is 11.6. The summed E-state index contributed by atoms with van der Waals surface area (Å²) in [6.07, 6.45) is 4.52. The third-order valence-corrected chi connectivity index (χ3v) is 6.39. The standard InChI is InChI=1S/C24H36N4O3/c1-17(2)25-24(31)27-15-12-19(13-16-27)21(23(30)28-14-8-7-9-18(28)3)26-22(29)20-10-5-4-6-11-20/h4-6,10-11,17-19,21H,7-9,12-16H2,1-3H3,(H,25,31)(H,26,29)/t18-,21+/m1/s1. The summed E-state index contributed by atoms with van der Waals surface area (Å²) in [7, 11) is 0. The molecule has 0 bridgehead atoms.